The summed E-state index contributed by atoms with van der Waals surface area (Å²) >= 11 is 0. The van der Waals surface area contributed by atoms with E-state index in [-0.39, 0.29) is 24.5 Å². The lowest BCUT2D eigenvalue weighted by molar-refractivity contribution is 0.229. The Hall–Kier alpha value is -0.930. The van der Waals surface area contributed by atoms with E-state index in [1.54, 1.807) is 12.1 Å². The molecule has 0 radical (unpaired) electrons. The highest BCUT2D eigenvalue weighted by molar-refractivity contribution is 5.17. The van der Waals surface area contributed by atoms with Crippen LogP contribution in [-0.2, 0) is 6.42 Å². The molecule has 0 bridgehead atoms. The molecule has 0 saturated heterocycles. The minimum absolute atomic E-state index is 0.128. The molecule has 1 rings (SSSR count). The summed E-state index contributed by atoms with van der Waals surface area (Å²) in [4.78, 5) is 0. The number of nitrogens with one attached hydrogen (secondary N) is 1. The van der Waals surface area contributed by atoms with Crippen molar-refractivity contribution in [1.29, 1.82) is 0 Å². The Morgan fingerprint density at radius 1 is 1.44 bits per heavy atom. The summed E-state index contributed by atoms with van der Waals surface area (Å²) in [6, 6.07) is 7.01. The molecule has 2 nitrogen and oxygen atoms in total. The van der Waals surface area contributed by atoms with Gasteiger partial charge in [-0.2, -0.15) is 0 Å². The molecule has 0 aromatic heterocycles. The van der Waals surface area contributed by atoms with Gasteiger partial charge in [-0.25, -0.2) is 4.39 Å². The lowest BCUT2D eigenvalue weighted by Crippen LogP contribution is -2.39. The summed E-state index contributed by atoms with van der Waals surface area (Å²) in [7, 11) is 0. The molecule has 0 heterocycles. The first-order valence-corrected chi connectivity index (χ1v) is 5.77. The largest absolute Gasteiger partial charge is 0.395 e. The van der Waals surface area contributed by atoms with Crippen molar-refractivity contribution in [3.05, 3.63) is 35.6 Å². The summed E-state index contributed by atoms with van der Waals surface area (Å²) in [5.41, 5.74) is 0.979. The molecule has 0 amide bonds. The van der Waals surface area contributed by atoms with Gasteiger partial charge in [0.15, 0.2) is 0 Å². The van der Waals surface area contributed by atoms with Crippen LogP contribution < -0.4 is 5.32 Å². The summed E-state index contributed by atoms with van der Waals surface area (Å²) in [5, 5.41) is 12.4. The van der Waals surface area contributed by atoms with Crippen molar-refractivity contribution in [2.75, 3.05) is 6.61 Å². The normalized spacial score (nSPS) is 14.8. The molecule has 2 atom stereocenters. The minimum Gasteiger partial charge on any atom is -0.395 e. The van der Waals surface area contributed by atoms with Gasteiger partial charge in [-0.1, -0.05) is 19.1 Å². The third-order valence-corrected chi connectivity index (χ3v) is 2.66. The number of halogens is 1. The Kier molecular flexibility index (Phi) is 5.43. The van der Waals surface area contributed by atoms with Crippen LogP contribution in [0.5, 0.6) is 0 Å². The molecule has 90 valence electrons. The second-order valence-corrected chi connectivity index (χ2v) is 4.19. The fourth-order valence-electron chi connectivity index (χ4n) is 1.78. The Bertz CT molecular complexity index is 313. The van der Waals surface area contributed by atoms with Crippen molar-refractivity contribution < 1.29 is 9.50 Å². The quantitative estimate of drug-likeness (QED) is 0.777. The second kappa shape index (κ2) is 6.61. The standard InChI is InChI=1S/C13H20FNO/c1-3-13(9-16)15-10(2)7-11-5-4-6-12(14)8-11/h4-6,8,10,13,15-16H,3,7,9H2,1-2H3/t10?,13-/m1/s1. The highest BCUT2D eigenvalue weighted by Crippen LogP contribution is 2.07. The van der Waals surface area contributed by atoms with E-state index in [9.17, 15) is 4.39 Å². The number of rotatable bonds is 6. The topological polar surface area (TPSA) is 32.3 Å². The molecule has 0 aliphatic heterocycles. The zero-order valence-corrected chi connectivity index (χ0v) is 9.91. The summed E-state index contributed by atoms with van der Waals surface area (Å²) in [6.07, 6.45) is 1.66. The Labute approximate surface area is 96.5 Å². The molecule has 0 aliphatic carbocycles. The van der Waals surface area contributed by atoms with E-state index >= 15 is 0 Å². The molecule has 1 unspecified atom stereocenters. The van der Waals surface area contributed by atoms with Crippen molar-refractivity contribution in [2.24, 2.45) is 0 Å². The third kappa shape index (κ3) is 4.29. The van der Waals surface area contributed by atoms with Crippen LogP contribution in [0.2, 0.25) is 0 Å². The summed E-state index contributed by atoms with van der Waals surface area (Å²) in [5.74, 6) is -0.195. The fraction of sp³-hybridized carbons (Fsp3) is 0.538. The van der Waals surface area contributed by atoms with E-state index in [0.717, 1.165) is 18.4 Å². The number of aliphatic hydroxyl groups excluding tert-OH is 1. The number of hydrogen-bond acceptors (Lipinski definition) is 2. The number of benzene rings is 1. The number of aliphatic hydroxyl groups is 1. The van der Waals surface area contributed by atoms with Gasteiger partial charge >= 0.3 is 0 Å². The first-order chi connectivity index (χ1) is 7.65. The molecule has 0 saturated carbocycles. The first kappa shape index (κ1) is 13.1. The van der Waals surface area contributed by atoms with E-state index < -0.39 is 0 Å². The van der Waals surface area contributed by atoms with Crippen LogP contribution in [0.1, 0.15) is 25.8 Å². The number of hydrogen-bond donors (Lipinski definition) is 2. The van der Waals surface area contributed by atoms with Crippen molar-refractivity contribution in [1.82, 2.24) is 5.32 Å². The molecular weight excluding hydrogens is 205 g/mol. The van der Waals surface area contributed by atoms with Gasteiger partial charge < -0.3 is 10.4 Å². The molecule has 0 aliphatic rings. The predicted octanol–water partition coefficient (Wildman–Crippen LogP) is 2.12. The van der Waals surface area contributed by atoms with Crippen LogP contribution in [0, 0.1) is 5.82 Å². The molecule has 1 aromatic carbocycles. The van der Waals surface area contributed by atoms with Crippen molar-refractivity contribution in [3.8, 4) is 0 Å². The van der Waals surface area contributed by atoms with Crippen molar-refractivity contribution >= 4 is 0 Å². The van der Waals surface area contributed by atoms with Gasteiger partial charge in [-0.15, -0.1) is 0 Å². The van der Waals surface area contributed by atoms with E-state index in [2.05, 4.69) is 5.32 Å². The van der Waals surface area contributed by atoms with Gasteiger partial charge in [-0.05, 0) is 37.5 Å². The Balaban J connectivity index is 2.47. The van der Waals surface area contributed by atoms with Crippen LogP contribution in [0.25, 0.3) is 0 Å². The van der Waals surface area contributed by atoms with Gasteiger partial charge in [0.2, 0.25) is 0 Å². The lowest BCUT2D eigenvalue weighted by atomic mass is 10.1. The Morgan fingerprint density at radius 3 is 2.75 bits per heavy atom. The molecule has 0 spiro atoms. The minimum atomic E-state index is -0.195. The smallest absolute Gasteiger partial charge is 0.123 e. The van der Waals surface area contributed by atoms with Crippen LogP contribution in [0.4, 0.5) is 4.39 Å². The van der Waals surface area contributed by atoms with Gasteiger partial charge in [0, 0.05) is 12.1 Å². The maximum absolute atomic E-state index is 13.0. The maximum atomic E-state index is 13.0. The summed E-state index contributed by atoms with van der Waals surface area (Å²) < 4.78 is 13.0. The van der Waals surface area contributed by atoms with Crippen LogP contribution in [-0.4, -0.2) is 23.8 Å². The average Bonchev–Trinajstić information content (AvgIpc) is 2.26. The highest BCUT2D eigenvalue weighted by atomic mass is 19.1. The van der Waals surface area contributed by atoms with Gasteiger partial charge in [0.25, 0.3) is 0 Å². The van der Waals surface area contributed by atoms with Crippen molar-refractivity contribution in [2.45, 2.75) is 38.8 Å². The molecule has 2 N–H and O–H groups in total. The average molecular weight is 225 g/mol. The molecule has 1 aromatic rings. The molecule has 16 heavy (non-hydrogen) atoms. The van der Waals surface area contributed by atoms with E-state index in [4.69, 9.17) is 5.11 Å². The Morgan fingerprint density at radius 2 is 2.19 bits per heavy atom. The summed E-state index contributed by atoms with van der Waals surface area (Å²) in [6.45, 7) is 4.22. The highest BCUT2D eigenvalue weighted by Gasteiger charge is 2.09. The van der Waals surface area contributed by atoms with Crippen LogP contribution in [0.3, 0.4) is 0 Å². The van der Waals surface area contributed by atoms with Crippen LogP contribution in [0.15, 0.2) is 24.3 Å². The monoisotopic (exact) mass is 225 g/mol. The van der Waals surface area contributed by atoms with Crippen molar-refractivity contribution in [3.63, 3.8) is 0 Å². The van der Waals surface area contributed by atoms with E-state index in [1.807, 2.05) is 19.9 Å². The van der Waals surface area contributed by atoms with E-state index in [1.165, 1.54) is 6.07 Å². The second-order valence-electron chi connectivity index (χ2n) is 4.19. The zero-order chi connectivity index (χ0) is 12.0. The van der Waals surface area contributed by atoms with Gasteiger partial charge in [0.05, 0.1) is 6.61 Å². The molecular formula is C13H20FNO. The molecule has 0 fully saturated rings. The SMILES string of the molecule is CC[C@H](CO)NC(C)Cc1cccc(F)c1. The van der Waals surface area contributed by atoms with Gasteiger partial charge in [0.1, 0.15) is 5.82 Å². The fourth-order valence-corrected chi connectivity index (χ4v) is 1.78. The lowest BCUT2D eigenvalue weighted by Gasteiger charge is -2.20. The predicted molar refractivity (Wildman–Crippen MR) is 63.9 cm³/mol. The molecule has 3 heteroatoms. The maximum Gasteiger partial charge on any atom is 0.123 e. The zero-order valence-electron chi connectivity index (χ0n) is 9.91. The van der Waals surface area contributed by atoms with E-state index in [0.29, 0.717) is 0 Å². The van der Waals surface area contributed by atoms with Gasteiger partial charge in [-0.3, -0.25) is 0 Å². The third-order valence-electron chi connectivity index (χ3n) is 2.66. The van der Waals surface area contributed by atoms with Crippen LogP contribution >= 0.6 is 0 Å². The first-order valence-electron chi connectivity index (χ1n) is 5.77.